The molecule has 1 heterocycles. The molecule has 2 N–H and O–H groups in total. The molecule has 0 radical (unpaired) electrons. The van der Waals surface area contributed by atoms with E-state index in [4.69, 9.17) is 0 Å². The first kappa shape index (κ1) is 22.2. The van der Waals surface area contributed by atoms with Crippen molar-refractivity contribution in [2.75, 3.05) is 23.7 Å². The number of carbonyl (C=O) groups is 2. The van der Waals surface area contributed by atoms with Gasteiger partial charge in [-0.15, -0.1) is 11.8 Å². The molecule has 1 saturated heterocycles. The van der Waals surface area contributed by atoms with E-state index < -0.39 is 0 Å². The Morgan fingerprint density at radius 2 is 1.93 bits per heavy atom. The Labute approximate surface area is 183 Å². The van der Waals surface area contributed by atoms with E-state index in [-0.39, 0.29) is 17.9 Å². The monoisotopic (exact) mass is 425 g/mol. The Balaban J connectivity index is 1.58. The fourth-order valence-electron chi connectivity index (χ4n) is 3.50. The largest absolute Gasteiger partial charge is 0.326 e. The van der Waals surface area contributed by atoms with Crippen LogP contribution in [0.25, 0.3) is 0 Å². The summed E-state index contributed by atoms with van der Waals surface area (Å²) >= 11 is 1.85. The van der Waals surface area contributed by atoms with Gasteiger partial charge >= 0.3 is 6.03 Å². The molecular weight excluding hydrogens is 394 g/mol. The van der Waals surface area contributed by atoms with Gasteiger partial charge in [-0.3, -0.25) is 4.79 Å². The normalized spacial score (nSPS) is 17.3. The van der Waals surface area contributed by atoms with E-state index in [1.54, 1.807) is 4.90 Å². The second-order valence-electron chi connectivity index (χ2n) is 7.88. The predicted octanol–water partition coefficient (Wildman–Crippen LogP) is 5.77. The molecule has 0 saturated carbocycles. The van der Waals surface area contributed by atoms with Crippen LogP contribution in [0.15, 0.2) is 53.4 Å². The van der Waals surface area contributed by atoms with Gasteiger partial charge in [0.05, 0.1) is 5.92 Å². The molecule has 0 aromatic heterocycles. The number of urea groups is 1. The Morgan fingerprint density at radius 3 is 2.63 bits per heavy atom. The SMILES string of the molecule is CCC(C)Sc1ccc(NC(=O)C2CCCN(C(=O)Nc3ccccc3)C2)c(C)c1. The van der Waals surface area contributed by atoms with Crippen LogP contribution in [0.4, 0.5) is 16.2 Å². The van der Waals surface area contributed by atoms with Crippen molar-refractivity contribution in [1.29, 1.82) is 0 Å². The van der Waals surface area contributed by atoms with E-state index in [0.717, 1.165) is 36.2 Å². The molecule has 0 bridgehead atoms. The van der Waals surface area contributed by atoms with Crippen LogP contribution in [-0.2, 0) is 4.79 Å². The van der Waals surface area contributed by atoms with Crippen molar-refractivity contribution < 1.29 is 9.59 Å². The zero-order chi connectivity index (χ0) is 21.5. The van der Waals surface area contributed by atoms with Gasteiger partial charge in [0.2, 0.25) is 5.91 Å². The summed E-state index contributed by atoms with van der Waals surface area (Å²) in [7, 11) is 0. The fourth-order valence-corrected chi connectivity index (χ4v) is 4.52. The van der Waals surface area contributed by atoms with E-state index in [1.165, 1.54) is 4.90 Å². The van der Waals surface area contributed by atoms with Crippen molar-refractivity contribution in [2.24, 2.45) is 5.92 Å². The highest BCUT2D eigenvalue weighted by molar-refractivity contribution is 7.99. The predicted molar refractivity (Wildman–Crippen MR) is 125 cm³/mol. The van der Waals surface area contributed by atoms with Gasteiger partial charge in [0.15, 0.2) is 0 Å². The van der Waals surface area contributed by atoms with E-state index in [0.29, 0.717) is 18.3 Å². The van der Waals surface area contributed by atoms with Gasteiger partial charge in [0, 0.05) is 34.6 Å². The first-order chi connectivity index (χ1) is 14.5. The number of nitrogens with zero attached hydrogens (tertiary/aromatic N) is 1. The molecule has 2 aromatic rings. The molecule has 1 fully saturated rings. The highest BCUT2D eigenvalue weighted by atomic mass is 32.2. The summed E-state index contributed by atoms with van der Waals surface area (Å²) in [6.07, 6.45) is 2.74. The second kappa shape index (κ2) is 10.5. The van der Waals surface area contributed by atoms with Gasteiger partial charge in [-0.05, 0) is 62.1 Å². The third-order valence-corrected chi connectivity index (χ3v) is 6.73. The van der Waals surface area contributed by atoms with E-state index in [2.05, 4.69) is 36.6 Å². The van der Waals surface area contributed by atoms with Crippen LogP contribution in [0.1, 0.15) is 38.7 Å². The smallest absolute Gasteiger partial charge is 0.321 e. The Kier molecular flexibility index (Phi) is 7.80. The van der Waals surface area contributed by atoms with Crippen molar-refractivity contribution in [2.45, 2.75) is 50.2 Å². The highest BCUT2D eigenvalue weighted by Crippen LogP contribution is 2.29. The number of carbonyl (C=O) groups excluding carboxylic acids is 2. The lowest BCUT2D eigenvalue weighted by Crippen LogP contribution is -2.45. The van der Waals surface area contributed by atoms with E-state index in [9.17, 15) is 9.59 Å². The van der Waals surface area contributed by atoms with Gasteiger partial charge in [0.25, 0.3) is 0 Å². The van der Waals surface area contributed by atoms with E-state index >= 15 is 0 Å². The van der Waals surface area contributed by atoms with Crippen LogP contribution >= 0.6 is 11.8 Å². The summed E-state index contributed by atoms with van der Waals surface area (Å²) in [5.74, 6) is -0.216. The minimum Gasteiger partial charge on any atom is -0.326 e. The van der Waals surface area contributed by atoms with Gasteiger partial charge in [-0.1, -0.05) is 32.0 Å². The molecule has 6 heteroatoms. The van der Waals surface area contributed by atoms with E-state index in [1.807, 2.05) is 55.1 Å². The molecule has 3 amide bonds. The average Bonchev–Trinajstić information content (AvgIpc) is 2.76. The maximum Gasteiger partial charge on any atom is 0.321 e. The van der Waals surface area contributed by atoms with Crippen molar-refractivity contribution in [3.8, 4) is 0 Å². The molecule has 5 nitrogen and oxygen atoms in total. The summed E-state index contributed by atoms with van der Waals surface area (Å²) in [6.45, 7) is 7.54. The zero-order valence-corrected chi connectivity index (χ0v) is 18.8. The number of amides is 3. The lowest BCUT2D eigenvalue weighted by atomic mass is 9.97. The molecule has 3 rings (SSSR count). The summed E-state index contributed by atoms with van der Waals surface area (Å²) in [6, 6.07) is 15.4. The summed E-state index contributed by atoms with van der Waals surface area (Å²) < 4.78 is 0. The number of rotatable bonds is 6. The molecule has 2 atom stereocenters. The molecule has 2 aromatic carbocycles. The first-order valence-electron chi connectivity index (χ1n) is 10.7. The minimum atomic E-state index is -0.200. The lowest BCUT2D eigenvalue weighted by molar-refractivity contribution is -0.121. The second-order valence-corrected chi connectivity index (χ2v) is 9.40. The van der Waals surface area contributed by atoms with Crippen LogP contribution in [0.3, 0.4) is 0 Å². The summed E-state index contributed by atoms with van der Waals surface area (Å²) in [4.78, 5) is 28.4. The van der Waals surface area contributed by atoms with Gasteiger partial charge in [0.1, 0.15) is 0 Å². The molecule has 1 aliphatic rings. The van der Waals surface area contributed by atoms with Crippen LogP contribution in [0.5, 0.6) is 0 Å². The number of anilines is 2. The highest BCUT2D eigenvalue weighted by Gasteiger charge is 2.28. The first-order valence-corrected chi connectivity index (χ1v) is 11.5. The number of likely N-dealkylation sites (tertiary alicyclic amines) is 1. The summed E-state index contributed by atoms with van der Waals surface area (Å²) in [5.41, 5.74) is 2.67. The number of benzene rings is 2. The van der Waals surface area contributed by atoms with Gasteiger partial charge in [-0.25, -0.2) is 4.79 Å². The Bertz CT molecular complexity index is 872. The number of hydrogen-bond acceptors (Lipinski definition) is 3. The zero-order valence-electron chi connectivity index (χ0n) is 18.0. The van der Waals surface area contributed by atoms with Crippen LogP contribution in [0, 0.1) is 12.8 Å². The average molecular weight is 426 g/mol. The molecule has 1 aliphatic heterocycles. The maximum absolute atomic E-state index is 12.9. The van der Waals surface area contributed by atoms with Crippen LogP contribution in [0.2, 0.25) is 0 Å². The third kappa shape index (κ3) is 6.02. The van der Waals surface area contributed by atoms with Crippen molar-refractivity contribution >= 4 is 35.1 Å². The third-order valence-electron chi connectivity index (χ3n) is 5.47. The maximum atomic E-state index is 12.9. The Morgan fingerprint density at radius 1 is 1.17 bits per heavy atom. The summed E-state index contributed by atoms with van der Waals surface area (Å²) in [5, 5.41) is 6.56. The quantitative estimate of drug-likeness (QED) is 0.578. The Hall–Kier alpha value is -2.47. The number of hydrogen-bond donors (Lipinski definition) is 2. The number of aryl methyl sites for hydroxylation is 1. The molecular formula is C24H31N3O2S. The standard InChI is InChI=1S/C24H31N3O2S/c1-4-18(3)30-21-12-13-22(17(2)15-21)26-23(28)19-9-8-14-27(16-19)24(29)25-20-10-6-5-7-11-20/h5-7,10-13,15,18-19H,4,8-9,14,16H2,1-3H3,(H,25,29)(H,26,28). The van der Waals surface area contributed by atoms with Gasteiger partial charge < -0.3 is 15.5 Å². The lowest BCUT2D eigenvalue weighted by Gasteiger charge is -2.32. The molecule has 0 aliphatic carbocycles. The van der Waals surface area contributed by atoms with Crippen LogP contribution < -0.4 is 10.6 Å². The molecule has 160 valence electrons. The van der Waals surface area contributed by atoms with Crippen molar-refractivity contribution in [1.82, 2.24) is 4.90 Å². The molecule has 30 heavy (non-hydrogen) atoms. The number of para-hydroxylation sites is 1. The van der Waals surface area contributed by atoms with Gasteiger partial charge in [-0.2, -0.15) is 0 Å². The number of piperidine rings is 1. The molecule has 0 spiro atoms. The van der Waals surface area contributed by atoms with Crippen LogP contribution in [-0.4, -0.2) is 35.2 Å². The van der Waals surface area contributed by atoms with Crippen molar-refractivity contribution in [3.05, 3.63) is 54.1 Å². The molecule has 2 unspecified atom stereocenters. The number of thioether (sulfide) groups is 1. The minimum absolute atomic E-state index is 0.0161. The topological polar surface area (TPSA) is 61.4 Å². The van der Waals surface area contributed by atoms with Crippen molar-refractivity contribution in [3.63, 3.8) is 0 Å². The fraction of sp³-hybridized carbons (Fsp3) is 0.417. The number of nitrogens with one attached hydrogen (secondary N) is 2.